The summed E-state index contributed by atoms with van der Waals surface area (Å²) in [5.74, 6) is 0. The van der Waals surface area contributed by atoms with Crippen LogP contribution in [0.3, 0.4) is 0 Å². The second kappa shape index (κ2) is 7.25. The van der Waals surface area contributed by atoms with Crippen LogP contribution in [0.2, 0.25) is 0 Å². The molecule has 3 heteroatoms. The van der Waals surface area contributed by atoms with E-state index < -0.39 is 0 Å². The fourth-order valence-corrected chi connectivity index (χ4v) is 2.21. The van der Waals surface area contributed by atoms with Crippen molar-refractivity contribution in [3.05, 3.63) is 0 Å². The van der Waals surface area contributed by atoms with Gasteiger partial charge in [-0.1, -0.05) is 13.8 Å². The zero-order valence-electron chi connectivity index (χ0n) is 11.3. The van der Waals surface area contributed by atoms with Crippen LogP contribution in [-0.2, 0) is 4.74 Å². The number of hydrogen-bond donors (Lipinski definition) is 1. The molecule has 0 radical (unpaired) electrons. The molecule has 0 aromatic rings. The quantitative estimate of drug-likeness (QED) is 0.751. The highest BCUT2D eigenvalue weighted by molar-refractivity contribution is 4.78. The lowest BCUT2D eigenvalue weighted by molar-refractivity contribution is 0.0524. The Morgan fingerprint density at radius 1 is 1.19 bits per heavy atom. The first-order valence-electron chi connectivity index (χ1n) is 6.68. The van der Waals surface area contributed by atoms with Crippen LogP contribution in [0.15, 0.2) is 0 Å². The van der Waals surface area contributed by atoms with Gasteiger partial charge in [-0.25, -0.2) is 0 Å². The average molecular weight is 228 g/mol. The Labute approximate surface area is 101 Å². The van der Waals surface area contributed by atoms with Crippen LogP contribution in [0.5, 0.6) is 0 Å². The molecule has 1 aliphatic heterocycles. The van der Waals surface area contributed by atoms with Crippen molar-refractivity contribution in [1.29, 1.82) is 0 Å². The smallest absolute Gasteiger partial charge is 0.0596 e. The molecule has 0 saturated carbocycles. The molecule has 3 nitrogen and oxygen atoms in total. The molecule has 0 unspecified atom stereocenters. The highest BCUT2D eigenvalue weighted by Crippen LogP contribution is 2.10. The van der Waals surface area contributed by atoms with Crippen molar-refractivity contribution in [2.75, 3.05) is 26.2 Å². The molecule has 96 valence electrons. The van der Waals surface area contributed by atoms with Crippen molar-refractivity contribution in [2.24, 2.45) is 0 Å². The molecule has 16 heavy (non-hydrogen) atoms. The highest BCUT2D eigenvalue weighted by Gasteiger charge is 2.18. The van der Waals surface area contributed by atoms with Gasteiger partial charge in [0.25, 0.3) is 0 Å². The van der Waals surface area contributed by atoms with E-state index in [4.69, 9.17) is 4.74 Å². The SMILES string of the molecule is CC(C)NC1CCN(CCOC(C)C)CC1. The second-order valence-corrected chi connectivity index (χ2v) is 5.36. The van der Waals surface area contributed by atoms with E-state index in [0.717, 1.165) is 19.2 Å². The molecule has 1 heterocycles. The number of ether oxygens (including phenoxy) is 1. The van der Waals surface area contributed by atoms with Gasteiger partial charge in [0.2, 0.25) is 0 Å². The molecule has 1 N–H and O–H groups in total. The van der Waals surface area contributed by atoms with Crippen LogP contribution in [0, 0.1) is 0 Å². The van der Waals surface area contributed by atoms with E-state index in [2.05, 4.69) is 37.9 Å². The predicted octanol–water partition coefficient (Wildman–Crippen LogP) is 1.87. The Morgan fingerprint density at radius 2 is 1.81 bits per heavy atom. The fourth-order valence-electron chi connectivity index (χ4n) is 2.21. The molecule has 0 aromatic carbocycles. The molecule has 1 aliphatic rings. The summed E-state index contributed by atoms with van der Waals surface area (Å²) in [5.41, 5.74) is 0. The van der Waals surface area contributed by atoms with E-state index in [0.29, 0.717) is 12.1 Å². The van der Waals surface area contributed by atoms with Gasteiger partial charge in [-0.05, 0) is 39.8 Å². The van der Waals surface area contributed by atoms with Gasteiger partial charge in [0, 0.05) is 18.6 Å². The summed E-state index contributed by atoms with van der Waals surface area (Å²) in [4.78, 5) is 2.51. The second-order valence-electron chi connectivity index (χ2n) is 5.36. The molecule has 0 aromatic heterocycles. The normalized spacial score (nSPS) is 19.9. The standard InChI is InChI=1S/C13H28N2O/c1-11(2)14-13-5-7-15(8-6-13)9-10-16-12(3)4/h11-14H,5-10H2,1-4H3. The fraction of sp³-hybridized carbons (Fsp3) is 1.00. The minimum atomic E-state index is 0.361. The summed E-state index contributed by atoms with van der Waals surface area (Å²) in [6, 6.07) is 1.34. The van der Waals surface area contributed by atoms with Crippen LogP contribution < -0.4 is 5.32 Å². The Balaban J connectivity index is 2.07. The Morgan fingerprint density at radius 3 is 2.31 bits per heavy atom. The highest BCUT2D eigenvalue weighted by atomic mass is 16.5. The zero-order valence-corrected chi connectivity index (χ0v) is 11.3. The van der Waals surface area contributed by atoms with Crippen molar-refractivity contribution in [3.63, 3.8) is 0 Å². The molecule has 0 spiro atoms. The van der Waals surface area contributed by atoms with Crippen molar-refractivity contribution in [1.82, 2.24) is 10.2 Å². The molecular formula is C13H28N2O. The average Bonchev–Trinajstić information content (AvgIpc) is 2.19. The lowest BCUT2D eigenvalue weighted by Crippen LogP contribution is -2.45. The number of rotatable bonds is 6. The summed E-state index contributed by atoms with van der Waals surface area (Å²) < 4.78 is 5.58. The van der Waals surface area contributed by atoms with E-state index in [1.54, 1.807) is 0 Å². The monoisotopic (exact) mass is 228 g/mol. The van der Waals surface area contributed by atoms with Crippen LogP contribution in [0.4, 0.5) is 0 Å². The van der Waals surface area contributed by atoms with Gasteiger partial charge in [0.1, 0.15) is 0 Å². The first-order valence-corrected chi connectivity index (χ1v) is 6.68. The summed E-state index contributed by atoms with van der Waals surface area (Å²) >= 11 is 0. The molecule has 0 bridgehead atoms. The van der Waals surface area contributed by atoms with E-state index in [-0.39, 0.29) is 0 Å². The van der Waals surface area contributed by atoms with Crippen LogP contribution in [-0.4, -0.2) is 49.3 Å². The van der Waals surface area contributed by atoms with Crippen molar-refractivity contribution in [2.45, 2.75) is 58.7 Å². The van der Waals surface area contributed by atoms with E-state index in [1.807, 2.05) is 0 Å². The molecule has 1 rings (SSSR count). The lowest BCUT2D eigenvalue weighted by Gasteiger charge is -2.33. The first kappa shape index (κ1) is 13.9. The van der Waals surface area contributed by atoms with Gasteiger partial charge >= 0.3 is 0 Å². The minimum absolute atomic E-state index is 0.361. The van der Waals surface area contributed by atoms with Gasteiger partial charge < -0.3 is 15.0 Å². The summed E-state index contributed by atoms with van der Waals surface area (Å²) in [6.07, 6.45) is 2.92. The number of hydrogen-bond acceptors (Lipinski definition) is 3. The van der Waals surface area contributed by atoms with Crippen molar-refractivity contribution >= 4 is 0 Å². The van der Waals surface area contributed by atoms with E-state index >= 15 is 0 Å². The predicted molar refractivity (Wildman–Crippen MR) is 68.8 cm³/mol. The molecule has 0 aliphatic carbocycles. The van der Waals surface area contributed by atoms with E-state index in [1.165, 1.54) is 25.9 Å². The molecule has 1 saturated heterocycles. The largest absolute Gasteiger partial charge is 0.377 e. The third-order valence-electron chi connectivity index (χ3n) is 3.02. The number of likely N-dealkylation sites (tertiary alicyclic amines) is 1. The number of nitrogens with zero attached hydrogens (tertiary/aromatic N) is 1. The van der Waals surface area contributed by atoms with E-state index in [9.17, 15) is 0 Å². The maximum atomic E-state index is 5.58. The third kappa shape index (κ3) is 5.83. The van der Waals surface area contributed by atoms with Crippen molar-refractivity contribution in [3.8, 4) is 0 Å². The lowest BCUT2D eigenvalue weighted by atomic mass is 10.0. The molecule has 0 atom stereocenters. The molecule has 0 amide bonds. The Kier molecular flexibility index (Phi) is 6.32. The van der Waals surface area contributed by atoms with Gasteiger partial charge in [-0.3, -0.25) is 0 Å². The number of nitrogens with one attached hydrogen (secondary N) is 1. The third-order valence-corrected chi connectivity index (χ3v) is 3.02. The summed E-state index contributed by atoms with van der Waals surface area (Å²) in [5, 5.41) is 3.62. The van der Waals surface area contributed by atoms with Gasteiger partial charge in [0.05, 0.1) is 12.7 Å². The van der Waals surface area contributed by atoms with Crippen LogP contribution in [0.25, 0.3) is 0 Å². The maximum absolute atomic E-state index is 5.58. The van der Waals surface area contributed by atoms with Gasteiger partial charge in [-0.15, -0.1) is 0 Å². The summed E-state index contributed by atoms with van der Waals surface area (Å²) in [7, 11) is 0. The molecule has 1 fully saturated rings. The molecular weight excluding hydrogens is 200 g/mol. The Hall–Kier alpha value is -0.120. The van der Waals surface area contributed by atoms with Gasteiger partial charge in [0.15, 0.2) is 0 Å². The number of piperidine rings is 1. The van der Waals surface area contributed by atoms with Crippen molar-refractivity contribution < 1.29 is 4.74 Å². The van der Waals surface area contributed by atoms with Crippen LogP contribution >= 0.6 is 0 Å². The van der Waals surface area contributed by atoms with Crippen LogP contribution in [0.1, 0.15) is 40.5 Å². The topological polar surface area (TPSA) is 24.5 Å². The minimum Gasteiger partial charge on any atom is -0.377 e. The maximum Gasteiger partial charge on any atom is 0.0596 e. The Bertz CT molecular complexity index is 175. The first-order chi connectivity index (χ1) is 7.58. The zero-order chi connectivity index (χ0) is 12.0. The van der Waals surface area contributed by atoms with Gasteiger partial charge in [-0.2, -0.15) is 0 Å². The summed E-state index contributed by atoms with van der Waals surface area (Å²) in [6.45, 7) is 13.0.